The zero-order valence-electron chi connectivity index (χ0n) is 6.83. The van der Waals surface area contributed by atoms with Gasteiger partial charge in [0, 0.05) is 5.75 Å². The van der Waals surface area contributed by atoms with Crippen molar-refractivity contribution in [2.45, 2.75) is 24.9 Å². The van der Waals surface area contributed by atoms with Gasteiger partial charge < -0.3 is 0 Å². The highest BCUT2D eigenvalue weighted by Gasteiger charge is 1.97. The van der Waals surface area contributed by atoms with Gasteiger partial charge in [0.15, 0.2) is 5.16 Å². The maximum absolute atomic E-state index is 5.58. The van der Waals surface area contributed by atoms with Crippen molar-refractivity contribution in [3.63, 3.8) is 0 Å². The van der Waals surface area contributed by atoms with E-state index >= 15 is 0 Å². The summed E-state index contributed by atoms with van der Waals surface area (Å²) < 4.78 is 0. The molecule has 5 heteroatoms. The van der Waals surface area contributed by atoms with Crippen LogP contribution in [0.4, 0.5) is 0 Å². The van der Waals surface area contributed by atoms with E-state index in [4.69, 9.17) is 11.6 Å². The molecule has 12 heavy (non-hydrogen) atoms. The summed E-state index contributed by atoms with van der Waals surface area (Å²) in [5, 5.41) is 0.979. The Morgan fingerprint density at radius 2 is 2.33 bits per heavy atom. The molecule has 0 saturated carbocycles. The summed E-state index contributed by atoms with van der Waals surface area (Å²) in [4.78, 5) is 11.6. The molecule has 1 rings (SSSR count). The molecule has 1 aromatic rings. The minimum Gasteiger partial charge on any atom is -0.211 e. The Morgan fingerprint density at radius 1 is 1.50 bits per heavy atom. The predicted octanol–water partition coefficient (Wildman–Crippen LogP) is 2.42. The summed E-state index contributed by atoms with van der Waals surface area (Å²) in [5.41, 5.74) is 0. The summed E-state index contributed by atoms with van der Waals surface area (Å²) in [6.07, 6.45) is 3.80. The fourth-order valence-corrected chi connectivity index (χ4v) is 1.70. The molecule has 0 aliphatic heterocycles. The van der Waals surface area contributed by atoms with Crippen LogP contribution in [0.15, 0.2) is 11.5 Å². The van der Waals surface area contributed by atoms with Crippen molar-refractivity contribution in [3.8, 4) is 0 Å². The van der Waals surface area contributed by atoms with Gasteiger partial charge in [0.2, 0.25) is 5.28 Å². The Balaban J connectivity index is 2.41. The van der Waals surface area contributed by atoms with Gasteiger partial charge in [-0.3, -0.25) is 0 Å². The first-order valence-corrected chi connectivity index (χ1v) is 5.16. The lowest BCUT2D eigenvalue weighted by Gasteiger charge is -1.96. The minimum atomic E-state index is 0.268. The minimum absolute atomic E-state index is 0.268. The van der Waals surface area contributed by atoms with Gasteiger partial charge in [-0.2, -0.15) is 4.98 Å². The standard InChI is InChI=1S/C7H10ClN3S/c1-2-3-4-12-7-10-5-9-6(8)11-7/h5H,2-4H2,1H3. The second kappa shape index (κ2) is 5.32. The molecule has 0 aliphatic carbocycles. The summed E-state index contributed by atoms with van der Waals surface area (Å²) in [7, 11) is 0. The van der Waals surface area contributed by atoms with Crippen LogP contribution in [-0.4, -0.2) is 20.7 Å². The van der Waals surface area contributed by atoms with Crippen LogP contribution in [-0.2, 0) is 0 Å². The third kappa shape index (κ3) is 3.36. The monoisotopic (exact) mass is 203 g/mol. The van der Waals surface area contributed by atoms with Crippen LogP contribution >= 0.6 is 23.4 Å². The molecule has 3 nitrogen and oxygen atoms in total. The average molecular weight is 204 g/mol. The molecule has 0 fully saturated rings. The number of halogens is 1. The van der Waals surface area contributed by atoms with Gasteiger partial charge in [-0.15, -0.1) is 0 Å². The summed E-state index contributed by atoms with van der Waals surface area (Å²) in [6, 6.07) is 0. The lowest BCUT2D eigenvalue weighted by Crippen LogP contribution is -1.90. The van der Waals surface area contributed by atoms with Crippen molar-refractivity contribution in [1.29, 1.82) is 0 Å². The van der Waals surface area contributed by atoms with Crippen molar-refractivity contribution < 1.29 is 0 Å². The zero-order valence-corrected chi connectivity index (χ0v) is 8.40. The molecule has 0 unspecified atom stereocenters. The van der Waals surface area contributed by atoms with Crippen LogP contribution in [0, 0.1) is 0 Å². The number of unbranched alkanes of at least 4 members (excludes halogenated alkanes) is 1. The Bertz CT molecular complexity index is 244. The first-order valence-electron chi connectivity index (χ1n) is 3.80. The van der Waals surface area contributed by atoms with Crippen LogP contribution in [0.5, 0.6) is 0 Å². The predicted molar refractivity (Wildman–Crippen MR) is 50.5 cm³/mol. The van der Waals surface area contributed by atoms with E-state index in [9.17, 15) is 0 Å². The van der Waals surface area contributed by atoms with Gasteiger partial charge in [-0.05, 0) is 18.0 Å². The molecular formula is C7H10ClN3S. The van der Waals surface area contributed by atoms with Gasteiger partial charge in [-0.1, -0.05) is 25.1 Å². The van der Waals surface area contributed by atoms with E-state index < -0.39 is 0 Å². The number of nitrogens with zero attached hydrogens (tertiary/aromatic N) is 3. The number of hydrogen-bond donors (Lipinski definition) is 0. The second-order valence-electron chi connectivity index (χ2n) is 2.24. The van der Waals surface area contributed by atoms with Crippen LogP contribution < -0.4 is 0 Å². The molecule has 0 amide bonds. The van der Waals surface area contributed by atoms with Crippen LogP contribution in [0.3, 0.4) is 0 Å². The SMILES string of the molecule is CCCCSc1ncnc(Cl)n1. The van der Waals surface area contributed by atoms with Crippen molar-refractivity contribution in [2.75, 3.05) is 5.75 Å². The van der Waals surface area contributed by atoms with Gasteiger partial charge in [-0.25, -0.2) is 9.97 Å². The van der Waals surface area contributed by atoms with Crippen molar-refractivity contribution in [3.05, 3.63) is 11.6 Å². The molecule has 1 aromatic heterocycles. The highest BCUT2D eigenvalue weighted by atomic mass is 35.5. The van der Waals surface area contributed by atoms with E-state index in [-0.39, 0.29) is 5.28 Å². The maximum atomic E-state index is 5.58. The number of aromatic nitrogens is 3. The fourth-order valence-electron chi connectivity index (χ4n) is 0.640. The smallest absolute Gasteiger partial charge is 0.211 e. The van der Waals surface area contributed by atoms with E-state index in [1.165, 1.54) is 19.2 Å². The third-order valence-corrected chi connectivity index (χ3v) is 2.38. The topological polar surface area (TPSA) is 38.7 Å². The fraction of sp³-hybridized carbons (Fsp3) is 0.571. The Labute approximate surface area is 81.0 Å². The molecule has 0 saturated heterocycles. The number of thioether (sulfide) groups is 1. The van der Waals surface area contributed by atoms with E-state index in [0.29, 0.717) is 5.16 Å². The van der Waals surface area contributed by atoms with Crippen LogP contribution in [0.2, 0.25) is 5.28 Å². The van der Waals surface area contributed by atoms with E-state index in [2.05, 4.69) is 21.9 Å². The average Bonchev–Trinajstić information content (AvgIpc) is 2.05. The van der Waals surface area contributed by atoms with Crippen molar-refractivity contribution in [2.24, 2.45) is 0 Å². The summed E-state index contributed by atoms with van der Waals surface area (Å²) >= 11 is 7.19. The van der Waals surface area contributed by atoms with Crippen LogP contribution in [0.25, 0.3) is 0 Å². The molecule has 0 bridgehead atoms. The lowest BCUT2D eigenvalue weighted by molar-refractivity contribution is 0.875. The largest absolute Gasteiger partial charge is 0.226 e. The molecule has 0 N–H and O–H groups in total. The summed E-state index contributed by atoms with van der Waals surface area (Å²) in [5.74, 6) is 1.04. The Kier molecular flexibility index (Phi) is 4.32. The van der Waals surface area contributed by atoms with Gasteiger partial charge in [0.25, 0.3) is 0 Å². The first kappa shape index (κ1) is 9.74. The maximum Gasteiger partial charge on any atom is 0.226 e. The molecule has 0 radical (unpaired) electrons. The molecule has 0 atom stereocenters. The lowest BCUT2D eigenvalue weighted by atomic mass is 10.4. The quantitative estimate of drug-likeness (QED) is 0.557. The summed E-state index contributed by atoms with van der Waals surface area (Å²) in [6.45, 7) is 2.15. The van der Waals surface area contributed by atoms with E-state index in [1.807, 2.05) is 0 Å². The number of hydrogen-bond acceptors (Lipinski definition) is 4. The molecule has 66 valence electrons. The van der Waals surface area contributed by atoms with Crippen molar-refractivity contribution in [1.82, 2.24) is 15.0 Å². The van der Waals surface area contributed by atoms with Gasteiger partial charge in [0.1, 0.15) is 6.33 Å². The zero-order chi connectivity index (χ0) is 8.81. The molecule has 1 heterocycles. The second-order valence-corrected chi connectivity index (χ2v) is 3.64. The first-order chi connectivity index (χ1) is 5.83. The molecular weight excluding hydrogens is 194 g/mol. The highest BCUT2D eigenvalue weighted by molar-refractivity contribution is 7.99. The molecule has 0 spiro atoms. The highest BCUT2D eigenvalue weighted by Crippen LogP contribution is 2.14. The van der Waals surface area contributed by atoms with E-state index in [0.717, 1.165) is 5.75 Å². The van der Waals surface area contributed by atoms with Crippen molar-refractivity contribution >= 4 is 23.4 Å². The van der Waals surface area contributed by atoms with Gasteiger partial charge in [0.05, 0.1) is 0 Å². The third-order valence-electron chi connectivity index (χ3n) is 1.25. The number of rotatable bonds is 4. The Hall–Kier alpha value is -0.350. The normalized spacial score (nSPS) is 10.2. The Morgan fingerprint density at radius 3 is 3.00 bits per heavy atom. The van der Waals surface area contributed by atoms with Gasteiger partial charge >= 0.3 is 0 Å². The van der Waals surface area contributed by atoms with Crippen LogP contribution in [0.1, 0.15) is 19.8 Å². The van der Waals surface area contributed by atoms with E-state index in [1.54, 1.807) is 11.8 Å². The molecule has 0 aliphatic rings. The molecule has 0 aromatic carbocycles.